The van der Waals surface area contributed by atoms with E-state index in [0.717, 1.165) is 54.1 Å². The number of nitrogens with zero attached hydrogens (tertiary/aromatic N) is 2. The number of thiazole rings is 1. The van der Waals surface area contributed by atoms with Gasteiger partial charge in [0.15, 0.2) is 6.61 Å². The van der Waals surface area contributed by atoms with Crippen LogP contribution in [-0.2, 0) is 14.4 Å². The van der Waals surface area contributed by atoms with Crippen LogP contribution in [0.2, 0.25) is 5.02 Å². The van der Waals surface area contributed by atoms with Gasteiger partial charge in [-0.2, -0.15) is 0 Å². The standard InChI is InChI=1S/C27H24ClN3O5S2/c28-16-6-8-17(9-7-16)31-25(33)21-20(22-24(29-27(35)38-22)37-23(21)26(31)34)15-4-10-18(11-5-15)36-14-19(32)30-12-2-1-3-13-30/h4-11,20-21,23H,1-3,12-14H2,(H,29,35)/t20-,21-,23+/m0/s1. The van der Waals surface area contributed by atoms with Crippen LogP contribution in [0.5, 0.6) is 5.75 Å². The number of anilines is 1. The summed E-state index contributed by atoms with van der Waals surface area (Å²) < 4.78 is 5.76. The molecule has 0 radical (unpaired) electrons. The van der Waals surface area contributed by atoms with Crippen molar-refractivity contribution in [3.8, 4) is 5.75 Å². The van der Waals surface area contributed by atoms with Gasteiger partial charge in [0.2, 0.25) is 11.8 Å². The van der Waals surface area contributed by atoms with E-state index in [1.807, 2.05) is 17.0 Å². The van der Waals surface area contributed by atoms with Crippen molar-refractivity contribution in [2.75, 3.05) is 24.6 Å². The lowest BCUT2D eigenvalue weighted by molar-refractivity contribution is -0.134. The minimum atomic E-state index is -0.672. The third kappa shape index (κ3) is 4.54. The second-order valence-corrected chi connectivity index (χ2v) is 12.1. The molecule has 196 valence electrons. The normalized spacial score (nSPS) is 22.8. The van der Waals surface area contributed by atoms with E-state index in [2.05, 4.69) is 4.98 Å². The molecule has 6 rings (SSSR count). The van der Waals surface area contributed by atoms with Gasteiger partial charge in [-0.3, -0.25) is 19.2 Å². The lowest BCUT2D eigenvalue weighted by Crippen LogP contribution is -2.38. The van der Waals surface area contributed by atoms with Gasteiger partial charge in [-0.1, -0.05) is 46.8 Å². The summed E-state index contributed by atoms with van der Waals surface area (Å²) in [5.74, 6) is -1.25. The maximum Gasteiger partial charge on any atom is 0.305 e. The van der Waals surface area contributed by atoms with E-state index in [-0.39, 0.29) is 29.2 Å². The Morgan fingerprint density at radius 1 is 0.974 bits per heavy atom. The Bertz CT molecular complexity index is 1450. The predicted molar refractivity (Wildman–Crippen MR) is 146 cm³/mol. The van der Waals surface area contributed by atoms with Crippen LogP contribution in [-0.4, -0.2) is 52.6 Å². The number of hydrogen-bond acceptors (Lipinski definition) is 7. The zero-order valence-electron chi connectivity index (χ0n) is 20.2. The number of aromatic amines is 1. The second-order valence-electron chi connectivity index (χ2n) is 9.54. The first-order chi connectivity index (χ1) is 18.4. The molecular weight excluding hydrogens is 546 g/mol. The van der Waals surface area contributed by atoms with Gasteiger partial charge in [-0.15, -0.1) is 0 Å². The predicted octanol–water partition coefficient (Wildman–Crippen LogP) is 4.28. The molecule has 1 N–H and O–H groups in total. The van der Waals surface area contributed by atoms with Crippen molar-refractivity contribution >= 4 is 58.1 Å². The number of imide groups is 1. The van der Waals surface area contributed by atoms with Gasteiger partial charge in [0.05, 0.1) is 16.6 Å². The number of rotatable bonds is 5. The molecule has 0 bridgehead atoms. The van der Waals surface area contributed by atoms with E-state index < -0.39 is 17.1 Å². The lowest BCUT2D eigenvalue weighted by Gasteiger charge is -2.30. The molecular formula is C27H24ClN3O5S2. The molecule has 38 heavy (non-hydrogen) atoms. The molecule has 2 saturated heterocycles. The summed E-state index contributed by atoms with van der Waals surface area (Å²) in [5, 5.41) is 0.467. The van der Waals surface area contributed by atoms with Crippen molar-refractivity contribution in [3.63, 3.8) is 0 Å². The number of nitrogens with one attached hydrogen (secondary N) is 1. The molecule has 1 aromatic heterocycles. The molecule has 8 nitrogen and oxygen atoms in total. The van der Waals surface area contributed by atoms with Crippen LogP contribution in [0.3, 0.4) is 0 Å². The monoisotopic (exact) mass is 569 g/mol. The maximum atomic E-state index is 13.7. The molecule has 0 unspecified atom stereocenters. The van der Waals surface area contributed by atoms with Gasteiger partial charge in [0.1, 0.15) is 11.0 Å². The van der Waals surface area contributed by atoms with E-state index in [1.165, 1.54) is 16.7 Å². The van der Waals surface area contributed by atoms with Gasteiger partial charge in [-0.05, 0) is 61.2 Å². The van der Waals surface area contributed by atoms with E-state index in [9.17, 15) is 19.2 Å². The van der Waals surface area contributed by atoms with Crippen molar-refractivity contribution < 1.29 is 19.1 Å². The van der Waals surface area contributed by atoms with Gasteiger partial charge in [0, 0.05) is 28.9 Å². The quantitative estimate of drug-likeness (QED) is 0.461. The minimum absolute atomic E-state index is 0.0278. The third-order valence-electron chi connectivity index (χ3n) is 7.22. The highest BCUT2D eigenvalue weighted by atomic mass is 35.5. The fourth-order valence-electron chi connectivity index (χ4n) is 5.37. The fourth-order valence-corrected chi connectivity index (χ4v) is 8.01. The van der Waals surface area contributed by atoms with Crippen LogP contribution in [0.15, 0.2) is 58.4 Å². The molecule has 2 aromatic carbocycles. The summed E-state index contributed by atoms with van der Waals surface area (Å²) in [4.78, 5) is 58.4. The number of hydrogen-bond donors (Lipinski definition) is 1. The number of fused-ring (bicyclic) bond motifs is 2. The Morgan fingerprint density at radius 2 is 1.68 bits per heavy atom. The number of ether oxygens (including phenoxy) is 1. The number of amides is 3. The molecule has 3 atom stereocenters. The average molecular weight is 570 g/mol. The van der Waals surface area contributed by atoms with Gasteiger partial charge in [0.25, 0.3) is 5.91 Å². The Balaban J connectivity index is 1.27. The summed E-state index contributed by atoms with van der Waals surface area (Å²) >= 11 is 8.32. The minimum Gasteiger partial charge on any atom is -0.484 e. The molecule has 0 spiro atoms. The van der Waals surface area contributed by atoms with E-state index in [4.69, 9.17) is 16.3 Å². The fraction of sp³-hybridized carbons (Fsp3) is 0.333. The highest BCUT2D eigenvalue weighted by Crippen LogP contribution is 2.53. The Hall–Kier alpha value is -3.08. The molecule has 3 amide bonds. The zero-order chi connectivity index (χ0) is 26.4. The van der Waals surface area contributed by atoms with Crippen LogP contribution >= 0.6 is 34.7 Å². The molecule has 11 heteroatoms. The molecule has 3 aliphatic rings. The van der Waals surface area contributed by atoms with Crippen LogP contribution in [0.4, 0.5) is 5.69 Å². The van der Waals surface area contributed by atoms with E-state index in [1.54, 1.807) is 36.4 Å². The first kappa shape index (κ1) is 25.2. The van der Waals surface area contributed by atoms with Crippen molar-refractivity contribution in [3.05, 3.63) is 73.7 Å². The number of carbonyl (C=O) groups is 3. The van der Waals surface area contributed by atoms with Gasteiger partial charge < -0.3 is 14.6 Å². The highest BCUT2D eigenvalue weighted by molar-refractivity contribution is 8.00. The van der Waals surface area contributed by atoms with Crippen molar-refractivity contribution in [2.24, 2.45) is 5.92 Å². The highest BCUT2D eigenvalue weighted by Gasteiger charge is 2.56. The molecule has 2 fully saturated rings. The first-order valence-corrected chi connectivity index (χ1v) is 14.5. The number of benzene rings is 2. The van der Waals surface area contributed by atoms with E-state index >= 15 is 0 Å². The molecule has 0 saturated carbocycles. The van der Waals surface area contributed by atoms with Crippen LogP contribution in [0, 0.1) is 5.92 Å². The number of halogens is 1. The van der Waals surface area contributed by atoms with E-state index in [0.29, 0.717) is 21.5 Å². The number of likely N-dealkylation sites (tertiary alicyclic amines) is 1. The maximum absolute atomic E-state index is 13.7. The van der Waals surface area contributed by atoms with Gasteiger partial charge in [-0.25, -0.2) is 4.90 Å². The summed E-state index contributed by atoms with van der Waals surface area (Å²) in [6.07, 6.45) is 3.19. The number of H-pyrrole nitrogens is 1. The van der Waals surface area contributed by atoms with Crippen LogP contribution in [0.25, 0.3) is 0 Å². The molecule has 4 heterocycles. The number of thioether (sulfide) groups is 1. The Kier molecular flexibility index (Phi) is 6.79. The topological polar surface area (TPSA) is 99.8 Å². The first-order valence-electron chi connectivity index (χ1n) is 12.4. The molecule has 0 aliphatic carbocycles. The SMILES string of the molecule is O=C(COc1ccc([C@@H]2c3sc(=O)[nH]c3S[C@H]3C(=O)N(c4ccc(Cl)cc4)C(=O)[C@@H]23)cc1)N1CCCCC1. The Labute approximate surface area is 231 Å². The smallest absolute Gasteiger partial charge is 0.305 e. The van der Waals surface area contributed by atoms with Gasteiger partial charge >= 0.3 is 4.87 Å². The summed E-state index contributed by atoms with van der Waals surface area (Å²) in [7, 11) is 0. The number of carbonyl (C=O) groups excluding carboxylic acids is 3. The summed E-state index contributed by atoms with van der Waals surface area (Å²) in [6, 6.07) is 13.8. The average Bonchev–Trinajstić information content (AvgIpc) is 3.43. The number of piperidine rings is 1. The molecule has 3 aromatic rings. The summed E-state index contributed by atoms with van der Waals surface area (Å²) in [5.41, 5.74) is 1.27. The third-order valence-corrected chi connectivity index (χ3v) is 9.87. The number of aromatic nitrogens is 1. The van der Waals surface area contributed by atoms with Crippen LogP contribution in [0.1, 0.15) is 35.6 Å². The lowest BCUT2D eigenvalue weighted by atomic mass is 9.83. The summed E-state index contributed by atoms with van der Waals surface area (Å²) in [6.45, 7) is 1.51. The largest absolute Gasteiger partial charge is 0.484 e. The van der Waals surface area contributed by atoms with Crippen LogP contribution < -0.4 is 14.5 Å². The van der Waals surface area contributed by atoms with Crippen molar-refractivity contribution in [1.82, 2.24) is 9.88 Å². The van der Waals surface area contributed by atoms with Crippen molar-refractivity contribution in [2.45, 2.75) is 35.5 Å². The molecule has 3 aliphatic heterocycles. The van der Waals surface area contributed by atoms with Crippen molar-refractivity contribution in [1.29, 1.82) is 0 Å². The zero-order valence-corrected chi connectivity index (χ0v) is 22.6. The Morgan fingerprint density at radius 3 is 2.39 bits per heavy atom. The second kappa shape index (κ2) is 10.2.